The molecule has 0 radical (unpaired) electrons. The number of methoxy groups -OCH3 is 2. The van der Waals surface area contributed by atoms with Crippen LogP contribution in [-0.4, -0.2) is 35.6 Å². The fraction of sp³-hybridized carbons (Fsp3) is 0.200. The number of nitrogens with zero attached hydrogens (tertiary/aromatic N) is 3. The largest absolute Gasteiger partial charge is 0.493 e. The lowest BCUT2D eigenvalue weighted by Gasteiger charge is -2.26. The molecule has 150 valence electrons. The van der Waals surface area contributed by atoms with Gasteiger partial charge in [-0.1, -0.05) is 24.3 Å². The molecule has 0 saturated heterocycles. The number of halogens is 2. The van der Waals surface area contributed by atoms with Crippen LogP contribution in [0.3, 0.4) is 0 Å². The highest BCUT2D eigenvalue weighted by molar-refractivity contribution is 5.80. The Morgan fingerprint density at radius 3 is 2.59 bits per heavy atom. The van der Waals surface area contributed by atoms with Gasteiger partial charge in [-0.25, -0.2) is 4.68 Å². The van der Waals surface area contributed by atoms with Crippen molar-refractivity contribution in [2.24, 2.45) is 0 Å². The number of ether oxygens (including phenoxy) is 3. The summed E-state index contributed by atoms with van der Waals surface area (Å²) in [6, 6.07) is 11.7. The normalized spacial score (nSPS) is 15.3. The van der Waals surface area contributed by atoms with Crippen molar-refractivity contribution in [2.45, 2.75) is 12.7 Å². The zero-order valence-electron chi connectivity index (χ0n) is 15.7. The number of allylic oxidation sites excluding steroid dienone is 1. The van der Waals surface area contributed by atoms with Crippen LogP contribution in [-0.2, 0) is 0 Å². The molecule has 2 aromatic carbocycles. The van der Waals surface area contributed by atoms with E-state index in [9.17, 15) is 8.78 Å². The molecule has 29 heavy (non-hydrogen) atoms. The van der Waals surface area contributed by atoms with Crippen molar-refractivity contribution in [2.75, 3.05) is 19.5 Å². The van der Waals surface area contributed by atoms with E-state index in [0.717, 1.165) is 5.56 Å². The lowest BCUT2D eigenvalue weighted by Crippen LogP contribution is -2.21. The Bertz CT molecular complexity index is 1050. The Kier molecular flexibility index (Phi) is 5.03. The van der Waals surface area contributed by atoms with Crippen molar-refractivity contribution < 1.29 is 23.0 Å². The lowest BCUT2D eigenvalue weighted by molar-refractivity contribution is -0.0500. The molecule has 0 fully saturated rings. The van der Waals surface area contributed by atoms with E-state index in [2.05, 4.69) is 20.1 Å². The zero-order chi connectivity index (χ0) is 20.4. The molecule has 0 bridgehead atoms. The molecule has 1 aromatic heterocycles. The number of benzene rings is 2. The van der Waals surface area contributed by atoms with E-state index >= 15 is 0 Å². The maximum atomic E-state index is 12.9. The summed E-state index contributed by atoms with van der Waals surface area (Å²) >= 11 is 0. The van der Waals surface area contributed by atoms with Gasteiger partial charge in [0, 0.05) is 11.1 Å². The lowest BCUT2D eigenvalue weighted by atomic mass is 10.00. The molecule has 4 rings (SSSR count). The van der Waals surface area contributed by atoms with Gasteiger partial charge in [0.05, 0.1) is 19.9 Å². The summed E-state index contributed by atoms with van der Waals surface area (Å²) in [6.45, 7) is -2.93. The molecular weight excluding hydrogens is 382 g/mol. The predicted octanol–water partition coefficient (Wildman–Crippen LogP) is 3.95. The third-order valence-electron chi connectivity index (χ3n) is 4.55. The van der Waals surface area contributed by atoms with E-state index in [0.29, 0.717) is 28.7 Å². The molecule has 1 N–H and O–H groups in total. The standard InChI is InChI=1S/C20H18F2N4O3/c1-27-17-9-5-7-13(18(17)28-2)15-10-14(25-20-23-11-24-26(15)20)12-6-3-4-8-16(12)29-19(21)22/h3-11,15,19H,1-2H3,(H,23,24,25). The maximum Gasteiger partial charge on any atom is 0.387 e. The first-order chi connectivity index (χ1) is 14.1. The summed E-state index contributed by atoms with van der Waals surface area (Å²) in [5.74, 6) is 1.65. The smallest absolute Gasteiger partial charge is 0.387 e. The van der Waals surface area contributed by atoms with Crippen molar-refractivity contribution in [3.8, 4) is 17.2 Å². The molecule has 0 spiro atoms. The van der Waals surface area contributed by atoms with Crippen LogP contribution in [0.2, 0.25) is 0 Å². The monoisotopic (exact) mass is 400 g/mol. The molecule has 1 atom stereocenters. The number of rotatable bonds is 6. The number of para-hydroxylation sites is 2. The maximum absolute atomic E-state index is 12.9. The fourth-order valence-corrected chi connectivity index (χ4v) is 3.35. The second-order valence-corrected chi connectivity index (χ2v) is 6.14. The van der Waals surface area contributed by atoms with Gasteiger partial charge >= 0.3 is 6.61 Å². The van der Waals surface area contributed by atoms with Crippen LogP contribution in [0, 0.1) is 0 Å². The average molecular weight is 400 g/mol. The molecule has 3 aromatic rings. The Morgan fingerprint density at radius 1 is 1.03 bits per heavy atom. The second-order valence-electron chi connectivity index (χ2n) is 6.14. The number of hydrogen-bond acceptors (Lipinski definition) is 6. The fourth-order valence-electron chi connectivity index (χ4n) is 3.35. The molecule has 1 aliphatic heterocycles. The molecular formula is C20H18F2N4O3. The molecule has 1 unspecified atom stereocenters. The molecule has 2 heterocycles. The third kappa shape index (κ3) is 3.46. The van der Waals surface area contributed by atoms with E-state index < -0.39 is 12.7 Å². The summed E-state index contributed by atoms with van der Waals surface area (Å²) in [6.07, 6.45) is 3.27. The Labute approximate surface area is 165 Å². The van der Waals surface area contributed by atoms with E-state index in [1.807, 2.05) is 18.2 Å². The number of nitrogens with one attached hydrogen (secondary N) is 1. The van der Waals surface area contributed by atoms with Crippen molar-refractivity contribution in [1.29, 1.82) is 0 Å². The summed E-state index contributed by atoms with van der Waals surface area (Å²) in [5, 5.41) is 7.42. The van der Waals surface area contributed by atoms with Crippen molar-refractivity contribution in [3.63, 3.8) is 0 Å². The quantitative estimate of drug-likeness (QED) is 0.676. The molecule has 0 saturated carbocycles. The first kappa shape index (κ1) is 18.7. The molecule has 0 aliphatic carbocycles. The SMILES string of the molecule is COc1cccc(C2C=C(c3ccccc3OC(F)F)Nc3ncnn32)c1OC. The van der Waals surface area contributed by atoms with Crippen LogP contribution >= 0.6 is 0 Å². The van der Waals surface area contributed by atoms with E-state index in [4.69, 9.17) is 9.47 Å². The number of anilines is 1. The van der Waals surface area contributed by atoms with Crippen LogP contribution in [0.15, 0.2) is 54.9 Å². The first-order valence-electron chi connectivity index (χ1n) is 8.75. The highest BCUT2D eigenvalue weighted by Gasteiger charge is 2.28. The first-order valence-corrected chi connectivity index (χ1v) is 8.75. The van der Waals surface area contributed by atoms with Crippen molar-refractivity contribution >= 4 is 11.6 Å². The average Bonchev–Trinajstić information content (AvgIpc) is 3.21. The Hall–Kier alpha value is -3.62. The summed E-state index contributed by atoms with van der Waals surface area (Å²) in [5.41, 5.74) is 1.83. The molecule has 0 amide bonds. The summed E-state index contributed by atoms with van der Waals surface area (Å²) in [7, 11) is 3.12. The van der Waals surface area contributed by atoms with Gasteiger partial charge in [-0.15, -0.1) is 0 Å². The van der Waals surface area contributed by atoms with Gasteiger partial charge in [-0.05, 0) is 24.3 Å². The van der Waals surface area contributed by atoms with Gasteiger partial charge in [0.15, 0.2) is 11.5 Å². The number of fused-ring (bicyclic) bond motifs is 1. The van der Waals surface area contributed by atoms with Crippen LogP contribution in [0.4, 0.5) is 14.7 Å². The van der Waals surface area contributed by atoms with Crippen LogP contribution in [0.25, 0.3) is 5.70 Å². The van der Waals surface area contributed by atoms with Gasteiger partial charge in [0.1, 0.15) is 18.1 Å². The summed E-state index contributed by atoms with van der Waals surface area (Å²) in [4.78, 5) is 4.24. The third-order valence-corrected chi connectivity index (χ3v) is 4.55. The minimum atomic E-state index is -2.93. The number of hydrogen-bond donors (Lipinski definition) is 1. The van der Waals surface area contributed by atoms with Crippen LogP contribution in [0.5, 0.6) is 17.2 Å². The molecule has 9 heteroatoms. The van der Waals surface area contributed by atoms with Gasteiger partial charge < -0.3 is 19.5 Å². The minimum Gasteiger partial charge on any atom is -0.493 e. The minimum absolute atomic E-state index is 0.0607. The van der Waals surface area contributed by atoms with E-state index in [1.54, 1.807) is 43.2 Å². The molecule has 1 aliphatic rings. The van der Waals surface area contributed by atoms with E-state index in [-0.39, 0.29) is 5.75 Å². The predicted molar refractivity (Wildman–Crippen MR) is 102 cm³/mol. The van der Waals surface area contributed by atoms with Gasteiger partial charge in [0.2, 0.25) is 5.95 Å². The van der Waals surface area contributed by atoms with Gasteiger partial charge in [-0.2, -0.15) is 18.9 Å². The zero-order valence-corrected chi connectivity index (χ0v) is 15.7. The topological polar surface area (TPSA) is 70.4 Å². The Balaban J connectivity index is 1.85. The van der Waals surface area contributed by atoms with Crippen molar-refractivity contribution in [3.05, 3.63) is 66.0 Å². The second kappa shape index (κ2) is 7.78. The van der Waals surface area contributed by atoms with Crippen molar-refractivity contribution in [1.82, 2.24) is 14.8 Å². The van der Waals surface area contributed by atoms with Gasteiger partial charge in [-0.3, -0.25) is 0 Å². The molecule has 7 nitrogen and oxygen atoms in total. The highest BCUT2D eigenvalue weighted by Crippen LogP contribution is 2.41. The Morgan fingerprint density at radius 2 is 1.83 bits per heavy atom. The van der Waals surface area contributed by atoms with Gasteiger partial charge in [0.25, 0.3) is 0 Å². The number of aromatic nitrogens is 3. The highest BCUT2D eigenvalue weighted by atomic mass is 19.3. The summed E-state index contributed by atoms with van der Waals surface area (Å²) < 4.78 is 43.1. The van der Waals surface area contributed by atoms with Crippen LogP contribution in [0.1, 0.15) is 17.2 Å². The van der Waals surface area contributed by atoms with Crippen LogP contribution < -0.4 is 19.5 Å². The number of alkyl halides is 2. The van der Waals surface area contributed by atoms with E-state index in [1.165, 1.54) is 12.4 Å².